The van der Waals surface area contributed by atoms with Gasteiger partial charge in [-0.2, -0.15) is 5.10 Å². The number of aromatic hydroxyl groups is 1. The summed E-state index contributed by atoms with van der Waals surface area (Å²) in [7, 11) is 1.50. The molecule has 0 radical (unpaired) electrons. The number of rotatable bonds is 4. The van der Waals surface area contributed by atoms with Crippen LogP contribution in [0.2, 0.25) is 0 Å². The number of H-pyrrole nitrogens is 2. The maximum Gasteiger partial charge on any atom is 0.161 e. The van der Waals surface area contributed by atoms with Gasteiger partial charge in [-0.05, 0) is 53.1 Å². The van der Waals surface area contributed by atoms with Gasteiger partial charge < -0.3 is 19.9 Å². The molecule has 7 heteroatoms. The summed E-state index contributed by atoms with van der Waals surface area (Å²) in [5.74, 6) is 1.05. The fourth-order valence-corrected chi connectivity index (χ4v) is 3.61. The van der Waals surface area contributed by atoms with E-state index >= 15 is 0 Å². The van der Waals surface area contributed by atoms with Crippen LogP contribution in [0, 0.1) is 0 Å². The van der Waals surface area contributed by atoms with Crippen LogP contribution in [0.15, 0.2) is 54.6 Å². The fraction of sp³-hybridized carbons (Fsp3) is 0.0909. The molecule has 5 aromatic rings. The minimum absolute atomic E-state index is 0.00455. The monoisotopic (exact) mass is 386 g/mol. The zero-order valence-corrected chi connectivity index (χ0v) is 15.6. The van der Waals surface area contributed by atoms with E-state index in [0.717, 1.165) is 38.8 Å². The van der Waals surface area contributed by atoms with Gasteiger partial charge in [0.05, 0.1) is 30.3 Å². The number of phenols is 1. The summed E-state index contributed by atoms with van der Waals surface area (Å²) < 4.78 is 5.22. The molecule has 0 amide bonds. The van der Waals surface area contributed by atoms with Gasteiger partial charge in [-0.3, -0.25) is 5.10 Å². The molecule has 0 atom stereocenters. The van der Waals surface area contributed by atoms with Crippen molar-refractivity contribution in [3.63, 3.8) is 0 Å². The molecule has 7 nitrogen and oxygen atoms in total. The third-order valence-electron chi connectivity index (χ3n) is 5.06. The third-order valence-corrected chi connectivity index (χ3v) is 5.06. The van der Waals surface area contributed by atoms with Crippen LogP contribution in [0.3, 0.4) is 0 Å². The molecule has 0 aliphatic heterocycles. The molecule has 3 aromatic carbocycles. The van der Waals surface area contributed by atoms with Crippen molar-refractivity contribution in [2.75, 3.05) is 7.11 Å². The predicted molar refractivity (Wildman–Crippen MR) is 111 cm³/mol. The number of aromatic amines is 2. The van der Waals surface area contributed by atoms with Crippen LogP contribution in [0.5, 0.6) is 11.5 Å². The lowest BCUT2D eigenvalue weighted by molar-refractivity contribution is 0.281. The first-order valence-corrected chi connectivity index (χ1v) is 9.12. The van der Waals surface area contributed by atoms with Crippen molar-refractivity contribution in [1.82, 2.24) is 20.2 Å². The highest BCUT2D eigenvalue weighted by molar-refractivity contribution is 5.95. The Kier molecular flexibility index (Phi) is 3.96. The number of methoxy groups -OCH3 is 1. The van der Waals surface area contributed by atoms with Crippen LogP contribution >= 0.6 is 0 Å². The Morgan fingerprint density at radius 2 is 1.90 bits per heavy atom. The highest BCUT2D eigenvalue weighted by atomic mass is 16.5. The first kappa shape index (κ1) is 17.3. The number of aliphatic hydroxyl groups excluding tert-OH is 1. The molecule has 144 valence electrons. The van der Waals surface area contributed by atoms with Crippen LogP contribution in [-0.4, -0.2) is 37.5 Å². The summed E-state index contributed by atoms with van der Waals surface area (Å²) in [6.45, 7) is -0.196. The van der Waals surface area contributed by atoms with Crippen molar-refractivity contribution in [2.24, 2.45) is 0 Å². The summed E-state index contributed by atoms with van der Waals surface area (Å²) >= 11 is 0. The number of fused-ring (bicyclic) bond motifs is 2. The Hall–Kier alpha value is -3.84. The minimum atomic E-state index is -0.196. The molecule has 0 bridgehead atoms. The molecule has 5 rings (SSSR count). The molecule has 0 aliphatic carbocycles. The summed E-state index contributed by atoms with van der Waals surface area (Å²) in [5.41, 5.74) is 5.70. The Morgan fingerprint density at radius 3 is 2.69 bits per heavy atom. The van der Waals surface area contributed by atoms with Gasteiger partial charge in [0.15, 0.2) is 17.3 Å². The lowest BCUT2D eigenvalue weighted by atomic mass is 9.98. The number of benzene rings is 3. The van der Waals surface area contributed by atoms with Gasteiger partial charge in [0.1, 0.15) is 5.69 Å². The summed E-state index contributed by atoms with van der Waals surface area (Å²) in [6.07, 6.45) is 0. The lowest BCUT2D eigenvalue weighted by Crippen LogP contribution is -1.93. The molecular formula is C22H18N4O3. The van der Waals surface area contributed by atoms with E-state index in [9.17, 15) is 10.2 Å². The maximum absolute atomic E-state index is 9.99. The Labute approximate surface area is 165 Å². The topological polar surface area (TPSA) is 107 Å². The van der Waals surface area contributed by atoms with Crippen molar-refractivity contribution in [3.8, 4) is 34.1 Å². The van der Waals surface area contributed by atoms with E-state index in [-0.39, 0.29) is 12.4 Å². The number of hydrogen-bond acceptors (Lipinski definition) is 5. The fourth-order valence-electron chi connectivity index (χ4n) is 3.61. The number of aromatic nitrogens is 4. The van der Waals surface area contributed by atoms with Gasteiger partial charge in [-0.15, -0.1) is 0 Å². The molecule has 0 saturated carbocycles. The number of phenolic OH excluding ortho intramolecular Hbond substituents is 1. The Balaban J connectivity index is 1.63. The van der Waals surface area contributed by atoms with E-state index in [2.05, 4.69) is 20.2 Å². The third kappa shape index (κ3) is 2.79. The van der Waals surface area contributed by atoms with Crippen LogP contribution in [-0.2, 0) is 6.61 Å². The maximum atomic E-state index is 9.99. The molecular weight excluding hydrogens is 368 g/mol. The lowest BCUT2D eigenvalue weighted by Gasteiger charge is -2.12. The van der Waals surface area contributed by atoms with Crippen LogP contribution in [0.4, 0.5) is 0 Å². The average molecular weight is 386 g/mol. The SMILES string of the molecule is COc1cc(-c2ccc3c(-c4nc5ccccc5[nH]4)n[nH]c3c2)c(CO)cc1O. The summed E-state index contributed by atoms with van der Waals surface area (Å²) in [6, 6.07) is 17.0. The second-order valence-corrected chi connectivity index (χ2v) is 6.77. The van der Waals surface area contributed by atoms with Crippen LogP contribution in [0.25, 0.3) is 44.6 Å². The molecule has 0 spiro atoms. The molecule has 2 aromatic heterocycles. The van der Waals surface area contributed by atoms with E-state index in [4.69, 9.17) is 4.74 Å². The highest BCUT2D eigenvalue weighted by Crippen LogP contribution is 2.37. The van der Waals surface area contributed by atoms with Crippen LogP contribution in [0.1, 0.15) is 5.56 Å². The predicted octanol–water partition coefficient (Wildman–Crippen LogP) is 3.98. The molecule has 0 unspecified atom stereocenters. The molecule has 29 heavy (non-hydrogen) atoms. The number of imidazole rings is 1. The summed E-state index contributed by atoms with van der Waals surface area (Å²) in [5, 5.41) is 28.2. The standard InChI is InChI=1S/C22H18N4O3/c1-29-20-10-15(13(11-27)9-19(20)28)12-6-7-14-18(8-12)25-26-21(14)22-23-16-4-2-3-5-17(16)24-22/h2-10,27-28H,11H2,1H3,(H,23,24)(H,25,26). The van der Waals surface area contributed by atoms with Gasteiger partial charge in [-0.1, -0.05) is 18.2 Å². The Bertz CT molecular complexity index is 1320. The minimum Gasteiger partial charge on any atom is -0.504 e. The zero-order chi connectivity index (χ0) is 20.0. The first-order chi connectivity index (χ1) is 14.2. The molecule has 0 aliphatic rings. The number of aliphatic hydroxyl groups is 1. The number of ether oxygens (including phenoxy) is 1. The van der Waals surface area contributed by atoms with E-state index < -0.39 is 0 Å². The van der Waals surface area contributed by atoms with Crippen LogP contribution < -0.4 is 4.74 Å². The molecule has 4 N–H and O–H groups in total. The second-order valence-electron chi connectivity index (χ2n) is 6.77. The molecule has 0 saturated heterocycles. The van der Waals surface area contributed by atoms with Gasteiger partial charge >= 0.3 is 0 Å². The second kappa shape index (κ2) is 6.65. The van der Waals surface area contributed by atoms with Crippen molar-refractivity contribution in [1.29, 1.82) is 0 Å². The van der Waals surface area contributed by atoms with Crippen molar-refractivity contribution in [3.05, 3.63) is 60.2 Å². The number of nitrogens with one attached hydrogen (secondary N) is 2. The largest absolute Gasteiger partial charge is 0.504 e. The van der Waals surface area contributed by atoms with E-state index in [1.807, 2.05) is 42.5 Å². The highest BCUT2D eigenvalue weighted by Gasteiger charge is 2.15. The summed E-state index contributed by atoms with van der Waals surface area (Å²) in [4.78, 5) is 7.94. The van der Waals surface area contributed by atoms with E-state index in [1.165, 1.54) is 13.2 Å². The van der Waals surface area contributed by atoms with Crippen molar-refractivity contribution in [2.45, 2.75) is 6.61 Å². The molecule has 2 heterocycles. The number of hydrogen-bond donors (Lipinski definition) is 4. The average Bonchev–Trinajstić information content (AvgIpc) is 3.36. The van der Waals surface area contributed by atoms with Gasteiger partial charge in [0, 0.05) is 5.39 Å². The van der Waals surface area contributed by atoms with Gasteiger partial charge in [0.25, 0.3) is 0 Å². The van der Waals surface area contributed by atoms with Gasteiger partial charge in [-0.25, -0.2) is 4.98 Å². The molecule has 0 fully saturated rings. The quantitative estimate of drug-likeness (QED) is 0.374. The van der Waals surface area contributed by atoms with E-state index in [0.29, 0.717) is 17.1 Å². The number of para-hydroxylation sites is 2. The van der Waals surface area contributed by atoms with E-state index in [1.54, 1.807) is 6.07 Å². The number of nitrogens with zero attached hydrogens (tertiary/aromatic N) is 2. The smallest absolute Gasteiger partial charge is 0.161 e. The van der Waals surface area contributed by atoms with Crippen molar-refractivity contribution < 1.29 is 14.9 Å². The first-order valence-electron chi connectivity index (χ1n) is 9.12. The van der Waals surface area contributed by atoms with Gasteiger partial charge in [0.2, 0.25) is 0 Å². The normalized spacial score (nSPS) is 11.4. The Morgan fingerprint density at radius 1 is 1.03 bits per heavy atom. The zero-order valence-electron chi connectivity index (χ0n) is 15.6. The van der Waals surface area contributed by atoms with Crippen molar-refractivity contribution >= 4 is 21.9 Å².